The summed E-state index contributed by atoms with van der Waals surface area (Å²) in [6.07, 6.45) is 5.75. The van der Waals surface area contributed by atoms with Crippen LogP contribution in [0.25, 0.3) is 0 Å². The summed E-state index contributed by atoms with van der Waals surface area (Å²) >= 11 is 1.46. The maximum atomic E-state index is 11.4. The second-order valence-electron chi connectivity index (χ2n) is 3.22. The van der Waals surface area contributed by atoms with Gasteiger partial charge in [-0.15, -0.1) is 0 Å². The highest BCUT2D eigenvalue weighted by Gasteiger charge is 2.18. The van der Waals surface area contributed by atoms with Gasteiger partial charge in [-0.3, -0.25) is 4.79 Å². The summed E-state index contributed by atoms with van der Waals surface area (Å²) in [5.74, 6) is 0.255. The van der Waals surface area contributed by atoms with Gasteiger partial charge in [-0.1, -0.05) is 0 Å². The third kappa shape index (κ3) is 1.90. The van der Waals surface area contributed by atoms with Crippen LogP contribution in [0.2, 0.25) is 0 Å². The molecule has 4 heteroatoms. The van der Waals surface area contributed by atoms with E-state index in [0.29, 0.717) is 11.6 Å². The van der Waals surface area contributed by atoms with Crippen LogP contribution in [0, 0.1) is 0 Å². The number of ketones is 1. The predicted molar refractivity (Wildman–Crippen MR) is 53.9 cm³/mol. The van der Waals surface area contributed by atoms with E-state index >= 15 is 0 Å². The van der Waals surface area contributed by atoms with Crippen molar-refractivity contribution in [2.45, 2.75) is 31.4 Å². The number of thioether (sulfide) groups is 1. The number of carbonyl (C=O) groups excluding carboxylic acids is 1. The summed E-state index contributed by atoms with van der Waals surface area (Å²) in [5.41, 5.74) is 0.874. The lowest BCUT2D eigenvalue weighted by molar-refractivity contribution is -0.115. The molecule has 0 aliphatic heterocycles. The van der Waals surface area contributed by atoms with E-state index in [4.69, 9.17) is 4.42 Å². The summed E-state index contributed by atoms with van der Waals surface area (Å²) in [4.78, 5) is 16.5. The maximum absolute atomic E-state index is 11.4. The van der Waals surface area contributed by atoms with Crippen molar-refractivity contribution >= 4 is 17.5 Å². The molecule has 1 heterocycles. The third-order valence-electron chi connectivity index (χ3n) is 2.26. The van der Waals surface area contributed by atoms with Crippen LogP contribution in [0.5, 0.6) is 0 Å². The van der Waals surface area contributed by atoms with E-state index in [1.807, 2.05) is 6.92 Å². The molecule has 2 rings (SSSR count). The molecule has 0 atom stereocenters. The molecule has 0 unspecified atom stereocenters. The van der Waals surface area contributed by atoms with Gasteiger partial charge in [0.2, 0.25) is 0 Å². The van der Waals surface area contributed by atoms with Crippen LogP contribution in [0.15, 0.2) is 32.6 Å². The number of hydrogen-bond donors (Lipinski definition) is 0. The standard InChI is InChI=1S/C10H11NO2S/c1-7-8(12)3-2-4-9(7)14-10-11-5-6-13-10/h5-6H,2-4H2,1H3. The molecule has 0 radical (unpaired) electrons. The van der Waals surface area contributed by atoms with Gasteiger partial charge in [0.15, 0.2) is 5.78 Å². The predicted octanol–water partition coefficient (Wildman–Crippen LogP) is 2.79. The van der Waals surface area contributed by atoms with Gasteiger partial charge in [0.25, 0.3) is 5.22 Å². The number of nitrogens with zero attached hydrogens (tertiary/aromatic N) is 1. The number of aromatic nitrogens is 1. The highest BCUT2D eigenvalue weighted by Crippen LogP contribution is 2.34. The molecule has 0 saturated carbocycles. The Morgan fingerprint density at radius 3 is 3.07 bits per heavy atom. The lowest BCUT2D eigenvalue weighted by Crippen LogP contribution is -2.07. The van der Waals surface area contributed by atoms with Crippen LogP contribution < -0.4 is 0 Å². The molecule has 1 aromatic rings. The van der Waals surface area contributed by atoms with Gasteiger partial charge in [-0.2, -0.15) is 0 Å². The quantitative estimate of drug-likeness (QED) is 0.751. The smallest absolute Gasteiger partial charge is 0.260 e. The monoisotopic (exact) mass is 209 g/mol. The van der Waals surface area contributed by atoms with Crippen molar-refractivity contribution in [1.29, 1.82) is 0 Å². The van der Waals surface area contributed by atoms with Gasteiger partial charge >= 0.3 is 0 Å². The molecule has 1 aromatic heterocycles. The molecule has 1 aliphatic carbocycles. The van der Waals surface area contributed by atoms with E-state index in [1.54, 1.807) is 12.5 Å². The van der Waals surface area contributed by atoms with Crippen LogP contribution in [0.1, 0.15) is 26.2 Å². The van der Waals surface area contributed by atoms with Crippen LogP contribution in [0.4, 0.5) is 0 Å². The lowest BCUT2D eigenvalue weighted by atomic mass is 9.99. The minimum atomic E-state index is 0.255. The number of Topliss-reactive ketones (excluding diaryl/α,β-unsaturated/α-hetero) is 1. The Morgan fingerprint density at radius 1 is 1.50 bits per heavy atom. The maximum Gasteiger partial charge on any atom is 0.260 e. The number of rotatable bonds is 2. The van der Waals surface area contributed by atoms with Crippen LogP contribution in [-0.4, -0.2) is 10.8 Å². The number of hydrogen-bond acceptors (Lipinski definition) is 4. The van der Waals surface area contributed by atoms with Crippen LogP contribution in [-0.2, 0) is 4.79 Å². The molecular weight excluding hydrogens is 198 g/mol. The van der Waals surface area contributed by atoms with Crippen LogP contribution in [0.3, 0.4) is 0 Å². The molecule has 0 bridgehead atoms. The van der Waals surface area contributed by atoms with Gasteiger partial charge in [0.05, 0.1) is 6.20 Å². The molecule has 0 saturated heterocycles. The molecule has 0 N–H and O–H groups in total. The molecule has 0 fully saturated rings. The molecule has 74 valence electrons. The zero-order chi connectivity index (χ0) is 9.97. The fourth-order valence-corrected chi connectivity index (χ4v) is 2.38. The minimum Gasteiger partial charge on any atom is -0.440 e. The molecule has 3 nitrogen and oxygen atoms in total. The third-order valence-corrected chi connectivity index (χ3v) is 3.40. The van der Waals surface area contributed by atoms with Gasteiger partial charge in [-0.05, 0) is 31.5 Å². The van der Waals surface area contributed by atoms with Gasteiger partial charge in [0.1, 0.15) is 6.26 Å². The Balaban J connectivity index is 2.17. The topological polar surface area (TPSA) is 43.1 Å². The Bertz CT molecular complexity index is 367. The first-order valence-corrected chi connectivity index (χ1v) is 5.39. The van der Waals surface area contributed by atoms with Crippen molar-refractivity contribution in [3.8, 4) is 0 Å². The van der Waals surface area contributed by atoms with Crippen molar-refractivity contribution < 1.29 is 9.21 Å². The summed E-state index contributed by atoms with van der Waals surface area (Å²) in [6, 6.07) is 0. The first-order valence-electron chi connectivity index (χ1n) is 4.57. The van der Waals surface area contributed by atoms with Crippen molar-refractivity contribution in [3.63, 3.8) is 0 Å². The normalized spacial score (nSPS) is 17.6. The Hall–Kier alpha value is -1.03. The molecule has 0 amide bonds. The first kappa shape index (κ1) is 9.52. The fraction of sp³-hybridized carbons (Fsp3) is 0.400. The zero-order valence-corrected chi connectivity index (χ0v) is 8.76. The van der Waals surface area contributed by atoms with Gasteiger partial charge in [0, 0.05) is 16.9 Å². The average Bonchev–Trinajstić information content (AvgIpc) is 2.66. The van der Waals surface area contributed by atoms with Crippen molar-refractivity contribution in [2.24, 2.45) is 0 Å². The van der Waals surface area contributed by atoms with Gasteiger partial charge in [-0.25, -0.2) is 4.98 Å². The largest absolute Gasteiger partial charge is 0.440 e. The first-order chi connectivity index (χ1) is 6.77. The minimum absolute atomic E-state index is 0.255. The Morgan fingerprint density at radius 2 is 2.36 bits per heavy atom. The van der Waals surface area contributed by atoms with Crippen molar-refractivity contribution in [3.05, 3.63) is 22.9 Å². The molecule has 0 spiro atoms. The highest BCUT2D eigenvalue weighted by atomic mass is 32.2. The van der Waals surface area contributed by atoms with E-state index in [0.717, 1.165) is 23.3 Å². The van der Waals surface area contributed by atoms with Crippen LogP contribution >= 0.6 is 11.8 Å². The fourth-order valence-electron chi connectivity index (χ4n) is 1.43. The van der Waals surface area contributed by atoms with Crippen molar-refractivity contribution in [2.75, 3.05) is 0 Å². The van der Waals surface area contributed by atoms with Gasteiger partial charge < -0.3 is 4.42 Å². The lowest BCUT2D eigenvalue weighted by Gasteiger charge is -2.14. The SMILES string of the molecule is CC1=C(Sc2ncco2)CCCC1=O. The second-order valence-corrected chi connectivity index (χ2v) is 4.27. The summed E-state index contributed by atoms with van der Waals surface area (Å²) in [7, 11) is 0. The Labute approximate surface area is 86.6 Å². The van der Waals surface area contributed by atoms with E-state index in [2.05, 4.69) is 4.98 Å². The number of oxazole rings is 1. The van der Waals surface area contributed by atoms with E-state index in [9.17, 15) is 4.79 Å². The van der Waals surface area contributed by atoms with E-state index in [-0.39, 0.29) is 5.78 Å². The molecule has 14 heavy (non-hydrogen) atoms. The Kier molecular flexibility index (Phi) is 2.72. The van der Waals surface area contributed by atoms with E-state index in [1.165, 1.54) is 11.8 Å². The van der Waals surface area contributed by atoms with E-state index < -0.39 is 0 Å². The molecule has 1 aliphatic rings. The number of allylic oxidation sites excluding steroid dienone is 2. The molecular formula is C10H11NO2S. The average molecular weight is 209 g/mol. The zero-order valence-electron chi connectivity index (χ0n) is 7.95. The summed E-state index contributed by atoms with van der Waals surface area (Å²) < 4.78 is 5.13. The second kappa shape index (κ2) is 4.00. The highest BCUT2D eigenvalue weighted by molar-refractivity contribution is 8.02. The summed E-state index contributed by atoms with van der Waals surface area (Å²) in [5, 5.41) is 0.619. The number of carbonyl (C=O) groups is 1. The summed E-state index contributed by atoms with van der Waals surface area (Å²) in [6.45, 7) is 1.88. The molecule has 0 aromatic carbocycles. The van der Waals surface area contributed by atoms with Crippen molar-refractivity contribution in [1.82, 2.24) is 4.98 Å².